The quantitative estimate of drug-likeness (QED) is 0.861. The van der Waals surface area contributed by atoms with Crippen molar-refractivity contribution in [1.29, 1.82) is 0 Å². The topological polar surface area (TPSA) is 47.0 Å². The van der Waals surface area contributed by atoms with Gasteiger partial charge in [-0.1, -0.05) is 12.8 Å². The number of hydrogen-bond donors (Lipinski definition) is 1. The van der Waals surface area contributed by atoms with Crippen LogP contribution in [0.5, 0.6) is 0 Å². The number of thioether (sulfide) groups is 1. The summed E-state index contributed by atoms with van der Waals surface area (Å²) in [7, 11) is 0. The molecule has 0 bridgehead atoms. The summed E-state index contributed by atoms with van der Waals surface area (Å²) in [6.45, 7) is 3.75. The van der Waals surface area contributed by atoms with E-state index in [1.807, 2.05) is 11.8 Å². The molecule has 6 heteroatoms. The number of hydrogen-bond acceptors (Lipinski definition) is 5. The molecule has 2 fully saturated rings. The molecule has 1 aliphatic carbocycles. The number of rotatable bonds is 4. The van der Waals surface area contributed by atoms with Gasteiger partial charge in [0.15, 0.2) is 5.82 Å². The summed E-state index contributed by atoms with van der Waals surface area (Å²) in [6.07, 6.45) is 5.13. The Morgan fingerprint density at radius 2 is 2.14 bits per heavy atom. The molecule has 0 aromatic carbocycles. The number of aromatic nitrogens is 2. The molecule has 1 N–H and O–H groups in total. The van der Waals surface area contributed by atoms with Gasteiger partial charge in [0.05, 0.1) is 16.8 Å². The molecule has 1 saturated carbocycles. The first-order valence-corrected chi connectivity index (χ1v) is 9.75. The normalized spacial score (nSPS) is 23.4. The number of ether oxygens (including phenoxy) is 1. The Hall–Kier alpha value is -0.330. The fourth-order valence-corrected chi connectivity index (χ4v) is 4.50. The number of nitrogens with zero attached hydrogens (tertiary/aromatic N) is 2. The molecule has 1 aliphatic heterocycles. The first-order valence-electron chi connectivity index (χ1n) is 7.80. The van der Waals surface area contributed by atoms with Gasteiger partial charge in [-0.15, -0.1) is 0 Å². The monoisotopic (exact) mass is 371 g/mol. The fourth-order valence-electron chi connectivity index (χ4n) is 3.02. The summed E-state index contributed by atoms with van der Waals surface area (Å²) < 4.78 is 6.91. The summed E-state index contributed by atoms with van der Waals surface area (Å²) in [5.41, 5.74) is 1.17. The van der Waals surface area contributed by atoms with Crippen molar-refractivity contribution in [1.82, 2.24) is 9.97 Å². The van der Waals surface area contributed by atoms with E-state index in [0.29, 0.717) is 5.92 Å². The van der Waals surface area contributed by atoms with Crippen LogP contribution in [0.15, 0.2) is 4.47 Å². The van der Waals surface area contributed by atoms with E-state index in [0.717, 1.165) is 40.8 Å². The number of anilines is 1. The number of nitrogens with one attached hydrogen (secondary N) is 1. The van der Waals surface area contributed by atoms with Gasteiger partial charge in [0.25, 0.3) is 0 Å². The Morgan fingerprint density at radius 1 is 1.33 bits per heavy atom. The van der Waals surface area contributed by atoms with Crippen molar-refractivity contribution in [3.8, 4) is 0 Å². The lowest BCUT2D eigenvalue weighted by Crippen LogP contribution is -2.20. The van der Waals surface area contributed by atoms with Crippen molar-refractivity contribution >= 4 is 33.5 Å². The van der Waals surface area contributed by atoms with Crippen LogP contribution < -0.4 is 5.32 Å². The Morgan fingerprint density at radius 3 is 2.81 bits per heavy atom. The molecule has 1 saturated heterocycles. The standard InChI is InChI=1S/C15H22BrN3OS/c1-2-17-15-12(16)13(10-5-3-4-6-10)18-14(19-15)11-9-21-8-7-20-11/h10-11H,2-9H2,1H3,(H,17,18,19). The molecule has 2 aliphatic rings. The van der Waals surface area contributed by atoms with Crippen LogP contribution in [0.25, 0.3) is 0 Å². The lowest BCUT2D eigenvalue weighted by Gasteiger charge is -2.23. The lowest BCUT2D eigenvalue weighted by molar-refractivity contribution is 0.0692. The largest absolute Gasteiger partial charge is 0.369 e. The predicted molar refractivity (Wildman–Crippen MR) is 91.1 cm³/mol. The molecule has 116 valence electrons. The third-order valence-corrected chi connectivity index (χ3v) is 5.86. The first kappa shape index (κ1) is 15.6. The maximum absolute atomic E-state index is 5.87. The zero-order valence-corrected chi connectivity index (χ0v) is 14.8. The molecular weight excluding hydrogens is 350 g/mol. The van der Waals surface area contributed by atoms with Crippen molar-refractivity contribution in [2.45, 2.75) is 44.6 Å². The second-order valence-electron chi connectivity index (χ2n) is 5.58. The SMILES string of the molecule is CCNc1nc(C2CSCCO2)nc(C2CCCC2)c1Br. The van der Waals surface area contributed by atoms with Gasteiger partial charge in [-0.3, -0.25) is 0 Å². The second-order valence-corrected chi connectivity index (χ2v) is 7.52. The summed E-state index contributed by atoms with van der Waals surface area (Å²) in [5.74, 6) is 4.36. The molecule has 1 aromatic rings. The van der Waals surface area contributed by atoms with Gasteiger partial charge in [-0.25, -0.2) is 9.97 Å². The third-order valence-electron chi connectivity index (χ3n) is 4.08. The van der Waals surface area contributed by atoms with Gasteiger partial charge < -0.3 is 10.1 Å². The van der Waals surface area contributed by atoms with Crippen molar-refractivity contribution in [2.75, 3.05) is 30.0 Å². The van der Waals surface area contributed by atoms with Crippen LogP contribution >= 0.6 is 27.7 Å². The van der Waals surface area contributed by atoms with Gasteiger partial charge in [0.2, 0.25) is 0 Å². The average Bonchev–Trinajstić information content (AvgIpc) is 3.04. The first-order chi connectivity index (χ1) is 10.3. The van der Waals surface area contributed by atoms with Crippen LogP contribution in [0.1, 0.15) is 56.1 Å². The van der Waals surface area contributed by atoms with E-state index in [2.05, 4.69) is 28.2 Å². The maximum Gasteiger partial charge on any atom is 0.160 e. The van der Waals surface area contributed by atoms with Crippen molar-refractivity contribution in [3.63, 3.8) is 0 Å². The van der Waals surface area contributed by atoms with E-state index >= 15 is 0 Å². The van der Waals surface area contributed by atoms with E-state index < -0.39 is 0 Å². The smallest absolute Gasteiger partial charge is 0.160 e. The number of halogens is 1. The molecule has 3 rings (SSSR count). The summed E-state index contributed by atoms with van der Waals surface area (Å²) >= 11 is 5.64. The van der Waals surface area contributed by atoms with Crippen molar-refractivity contribution in [3.05, 3.63) is 16.0 Å². The van der Waals surface area contributed by atoms with Crippen molar-refractivity contribution < 1.29 is 4.74 Å². The van der Waals surface area contributed by atoms with Crippen molar-refractivity contribution in [2.24, 2.45) is 0 Å². The molecule has 1 aromatic heterocycles. The zero-order valence-electron chi connectivity index (χ0n) is 12.4. The highest BCUT2D eigenvalue weighted by molar-refractivity contribution is 9.10. The Labute approximate surface area is 139 Å². The van der Waals surface area contributed by atoms with E-state index in [9.17, 15) is 0 Å². The highest BCUT2D eigenvalue weighted by Crippen LogP contribution is 2.39. The second kappa shape index (κ2) is 7.29. The Kier molecular flexibility index (Phi) is 5.40. The molecule has 0 radical (unpaired) electrons. The lowest BCUT2D eigenvalue weighted by atomic mass is 10.0. The predicted octanol–water partition coefficient (Wildman–Crippen LogP) is 4.13. The molecule has 2 heterocycles. The maximum atomic E-state index is 5.87. The highest BCUT2D eigenvalue weighted by Gasteiger charge is 2.27. The molecule has 21 heavy (non-hydrogen) atoms. The molecule has 1 unspecified atom stereocenters. The van der Waals surface area contributed by atoms with E-state index in [-0.39, 0.29) is 6.10 Å². The summed E-state index contributed by atoms with van der Waals surface area (Å²) in [6, 6.07) is 0. The van der Waals surface area contributed by atoms with Crippen LogP contribution in [-0.4, -0.2) is 34.6 Å². The molecule has 0 amide bonds. The average molecular weight is 372 g/mol. The van der Waals surface area contributed by atoms with Crippen LogP contribution in [0, 0.1) is 0 Å². The molecular formula is C15H22BrN3OS. The minimum absolute atomic E-state index is 0.0365. The van der Waals surface area contributed by atoms with Gasteiger partial charge in [0, 0.05) is 24.0 Å². The zero-order chi connectivity index (χ0) is 14.7. The van der Waals surface area contributed by atoms with Crippen LogP contribution in [0.4, 0.5) is 5.82 Å². The van der Waals surface area contributed by atoms with Crippen LogP contribution in [0.2, 0.25) is 0 Å². The Balaban J connectivity index is 1.94. The van der Waals surface area contributed by atoms with Gasteiger partial charge >= 0.3 is 0 Å². The van der Waals surface area contributed by atoms with Crippen LogP contribution in [0.3, 0.4) is 0 Å². The van der Waals surface area contributed by atoms with Crippen LogP contribution in [-0.2, 0) is 4.74 Å². The minimum Gasteiger partial charge on any atom is -0.369 e. The summed E-state index contributed by atoms with van der Waals surface area (Å²) in [5, 5.41) is 3.36. The third kappa shape index (κ3) is 3.54. The van der Waals surface area contributed by atoms with Gasteiger partial charge in [-0.2, -0.15) is 11.8 Å². The molecule has 4 nitrogen and oxygen atoms in total. The van der Waals surface area contributed by atoms with Gasteiger partial charge in [0.1, 0.15) is 11.9 Å². The Bertz CT molecular complexity index is 488. The minimum atomic E-state index is 0.0365. The summed E-state index contributed by atoms with van der Waals surface area (Å²) in [4.78, 5) is 9.59. The molecule has 1 atom stereocenters. The highest BCUT2D eigenvalue weighted by atomic mass is 79.9. The van der Waals surface area contributed by atoms with Gasteiger partial charge in [-0.05, 0) is 35.7 Å². The van der Waals surface area contributed by atoms with E-state index in [1.54, 1.807) is 0 Å². The molecule has 0 spiro atoms. The fraction of sp³-hybridized carbons (Fsp3) is 0.733. The van der Waals surface area contributed by atoms with E-state index in [1.165, 1.54) is 31.4 Å². The van der Waals surface area contributed by atoms with E-state index in [4.69, 9.17) is 14.7 Å².